The number of rotatable bonds is 9. The molecule has 0 aliphatic carbocycles. The maximum atomic E-state index is 12.4. The molecule has 3 rings (SSSR count). The van der Waals surface area contributed by atoms with Crippen molar-refractivity contribution in [1.29, 1.82) is 0 Å². The molecule has 0 spiro atoms. The number of amides is 2. The van der Waals surface area contributed by atoms with Gasteiger partial charge in [-0.05, 0) is 61.7 Å². The van der Waals surface area contributed by atoms with Gasteiger partial charge in [0.2, 0.25) is 0 Å². The molecule has 1 saturated heterocycles. The van der Waals surface area contributed by atoms with Crippen molar-refractivity contribution < 1.29 is 19.9 Å². The van der Waals surface area contributed by atoms with E-state index in [4.69, 9.17) is 5.21 Å². The van der Waals surface area contributed by atoms with Gasteiger partial charge in [0, 0.05) is 18.8 Å². The lowest BCUT2D eigenvalue weighted by molar-refractivity contribution is -0.133. The molecule has 1 aliphatic rings. The standard InChI is InChI=1S/C25H34N4O4/c1-18(30)23(25(32)28-33)27-24(31)22-12-10-21(11-13-22)20-8-6-19(7-9-20)16-26-17-29-14-4-2-3-5-15-29/h6-13,18,23,26,30,33H,2-5,14-17H2,1H3,(H,27,31)(H,28,32)/t18-,23+/m1/s1. The summed E-state index contributed by atoms with van der Waals surface area (Å²) in [6.07, 6.45) is 4.10. The van der Waals surface area contributed by atoms with Gasteiger partial charge >= 0.3 is 0 Å². The van der Waals surface area contributed by atoms with Crippen LogP contribution in [0.5, 0.6) is 0 Å². The second kappa shape index (κ2) is 12.5. The van der Waals surface area contributed by atoms with E-state index in [0.29, 0.717) is 5.56 Å². The van der Waals surface area contributed by atoms with E-state index in [2.05, 4.69) is 39.8 Å². The number of carbonyl (C=O) groups excluding carboxylic acids is 2. The second-order valence-electron chi connectivity index (χ2n) is 8.56. The molecule has 0 unspecified atom stereocenters. The molecule has 2 atom stereocenters. The van der Waals surface area contributed by atoms with Crippen LogP contribution in [-0.2, 0) is 11.3 Å². The van der Waals surface area contributed by atoms with Gasteiger partial charge in [-0.15, -0.1) is 0 Å². The van der Waals surface area contributed by atoms with Gasteiger partial charge in [-0.2, -0.15) is 0 Å². The van der Waals surface area contributed by atoms with E-state index in [1.165, 1.54) is 56.7 Å². The first-order valence-corrected chi connectivity index (χ1v) is 11.5. The largest absolute Gasteiger partial charge is 0.391 e. The molecule has 8 nitrogen and oxygen atoms in total. The fourth-order valence-electron chi connectivity index (χ4n) is 3.98. The van der Waals surface area contributed by atoms with E-state index in [1.807, 2.05) is 12.1 Å². The average molecular weight is 455 g/mol. The average Bonchev–Trinajstić information content (AvgIpc) is 3.11. The molecule has 0 saturated carbocycles. The molecule has 2 aromatic rings. The van der Waals surface area contributed by atoms with Crippen LogP contribution in [0.1, 0.15) is 48.5 Å². The summed E-state index contributed by atoms with van der Waals surface area (Å²) in [6, 6.07) is 14.1. The van der Waals surface area contributed by atoms with Gasteiger partial charge < -0.3 is 15.7 Å². The highest BCUT2D eigenvalue weighted by Gasteiger charge is 2.25. The molecule has 1 aliphatic heterocycles. The van der Waals surface area contributed by atoms with Crippen LogP contribution in [0.4, 0.5) is 0 Å². The van der Waals surface area contributed by atoms with Crippen LogP contribution in [0.2, 0.25) is 0 Å². The van der Waals surface area contributed by atoms with Crippen LogP contribution in [-0.4, -0.2) is 58.9 Å². The number of aliphatic hydroxyl groups is 1. The Morgan fingerprint density at radius 3 is 2.06 bits per heavy atom. The highest BCUT2D eigenvalue weighted by Crippen LogP contribution is 2.20. The van der Waals surface area contributed by atoms with Crippen molar-refractivity contribution in [3.8, 4) is 11.1 Å². The normalized spacial score (nSPS) is 16.5. The van der Waals surface area contributed by atoms with Crippen LogP contribution in [0.3, 0.4) is 0 Å². The Hall–Kier alpha value is -2.78. The van der Waals surface area contributed by atoms with Gasteiger partial charge in [0.15, 0.2) is 0 Å². The topological polar surface area (TPSA) is 114 Å². The molecule has 178 valence electrons. The molecule has 1 heterocycles. The van der Waals surface area contributed by atoms with E-state index < -0.39 is 24.0 Å². The summed E-state index contributed by atoms with van der Waals surface area (Å²) in [5, 5.41) is 24.4. The Kier molecular flexibility index (Phi) is 9.38. The summed E-state index contributed by atoms with van der Waals surface area (Å²) in [5.41, 5.74) is 5.03. The van der Waals surface area contributed by atoms with Crippen molar-refractivity contribution in [2.75, 3.05) is 19.8 Å². The van der Waals surface area contributed by atoms with Crippen LogP contribution < -0.4 is 16.1 Å². The van der Waals surface area contributed by atoms with Crippen LogP contribution in [0, 0.1) is 0 Å². The lowest BCUT2D eigenvalue weighted by Gasteiger charge is -2.20. The minimum Gasteiger partial charge on any atom is -0.391 e. The van der Waals surface area contributed by atoms with Gasteiger partial charge in [-0.1, -0.05) is 49.2 Å². The highest BCUT2D eigenvalue weighted by molar-refractivity contribution is 5.97. The van der Waals surface area contributed by atoms with Crippen LogP contribution in [0.25, 0.3) is 11.1 Å². The van der Waals surface area contributed by atoms with Gasteiger partial charge in [-0.25, -0.2) is 5.48 Å². The zero-order valence-electron chi connectivity index (χ0n) is 19.1. The fraction of sp³-hybridized carbons (Fsp3) is 0.440. The first-order valence-electron chi connectivity index (χ1n) is 11.5. The number of carbonyl (C=O) groups is 2. The van der Waals surface area contributed by atoms with Crippen molar-refractivity contribution in [3.63, 3.8) is 0 Å². The summed E-state index contributed by atoms with van der Waals surface area (Å²) < 4.78 is 0. The number of benzene rings is 2. The summed E-state index contributed by atoms with van der Waals surface area (Å²) in [7, 11) is 0. The molecular weight excluding hydrogens is 420 g/mol. The van der Waals surface area contributed by atoms with Crippen LogP contribution >= 0.6 is 0 Å². The first-order chi connectivity index (χ1) is 16.0. The van der Waals surface area contributed by atoms with Crippen molar-refractivity contribution >= 4 is 11.8 Å². The molecule has 5 N–H and O–H groups in total. The molecule has 1 fully saturated rings. The maximum absolute atomic E-state index is 12.4. The molecular formula is C25H34N4O4. The van der Waals surface area contributed by atoms with E-state index in [-0.39, 0.29) is 0 Å². The third kappa shape index (κ3) is 7.36. The third-order valence-corrected chi connectivity index (χ3v) is 5.96. The number of aliphatic hydroxyl groups excluding tert-OH is 1. The Morgan fingerprint density at radius 2 is 1.52 bits per heavy atom. The smallest absolute Gasteiger partial charge is 0.268 e. The monoisotopic (exact) mass is 454 g/mol. The van der Waals surface area contributed by atoms with Crippen molar-refractivity contribution in [2.24, 2.45) is 0 Å². The van der Waals surface area contributed by atoms with Crippen molar-refractivity contribution in [3.05, 3.63) is 59.7 Å². The quantitative estimate of drug-likeness (QED) is 0.293. The summed E-state index contributed by atoms with van der Waals surface area (Å²) in [5.74, 6) is -1.39. The Labute approximate surface area is 195 Å². The van der Waals surface area contributed by atoms with Crippen molar-refractivity contribution in [2.45, 2.75) is 51.3 Å². The molecule has 0 radical (unpaired) electrons. The number of likely N-dealkylation sites (tertiary alicyclic amines) is 1. The third-order valence-electron chi connectivity index (χ3n) is 5.96. The van der Waals surface area contributed by atoms with E-state index in [1.54, 1.807) is 12.1 Å². The number of hydrogen-bond acceptors (Lipinski definition) is 6. The first kappa shape index (κ1) is 24.9. The van der Waals surface area contributed by atoms with Crippen molar-refractivity contribution in [1.82, 2.24) is 21.0 Å². The summed E-state index contributed by atoms with van der Waals surface area (Å²) in [6.45, 7) is 5.45. The summed E-state index contributed by atoms with van der Waals surface area (Å²) in [4.78, 5) is 26.5. The second-order valence-corrected chi connectivity index (χ2v) is 8.56. The lowest BCUT2D eigenvalue weighted by Crippen LogP contribution is -2.51. The predicted octanol–water partition coefficient (Wildman–Crippen LogP) is 2.26. The zero-order valence-corrected chi connectivity index (χ0v) is 19.1. The predicted molar refractivity (Wildman–Crippen MR) is 126 cm³/mol. The number of nitrogens with one attached hydrogen (secondary N) is 3. The highest BCUT2D eigenvalue weighted by atomic mass is 16.5. The molecule has 0 bridgehead atoms. The number of hydroxylamine groups is 1. The molecule has 0 aromatic heterocycles. The molecule has 8 heteroatoms. The number of hydrogen-bond donors (Lipinski definition) is 5. The van der Waals surface area contributed by atoms with E-state index in [9.17, 15) is 14.7 Å². The van der Waals surface area contributed by atoms with Gasteiger partial charge in [0.25, 0.3) is 11.8 Å². The molecule has 2 aromatic carbocycles. The Bertz CT molecular complexity index is 892. The minimum atomic E-state index is -1.25. The Balaban J connectivity index is 1.53. The summed E-state index contributed by atoms with van der Waals surface area (Å²) >= 11 is 0. The van der Waals surface area contributed by atoms with E-state index >= 15 is 0 Å². The Morgan fingerprint density at radius 1 is 0.939 bits per heavy atom. The van der Waals surface area contributed by atoms with Gasteiger partial charge in [-0.3, -0.25) is 19.7 Å². The maximum Gasteiger partial charge on any atom is 0.268 e. The number of nitrogens with zero attached hydrogens (tertiary/aromatic N) is 1. The van der Waals surface area contributed by atoms with E-state index in [0.717, 1.165) is 24.3 Å². The molecule has 33 heavy (non-hydrogen) atoms. The minimum absolute atomic E-state index is 0.351. The lowest BCUT2D eigenvalue weighted by atomic mass is 10.0. The van der Waals surface area contributed by atoms with Gasteiger partial charge in [0.1, 0.15) is 6.04 Å². The van der Waals surface area contributed by atoms with Gasteiger partial charge in [0.05, 0.1) is 6.10 Å². The zero-order chi connectivity index (χ0) is 23.6. The molecule has 2 amide bonds. The fourth-order valence-corrected chi connectivity index (χ4v) is 3.98. The van der Waals surface area contributed by atoms with Crippen LogP contribution in [0.15, 0.2) is 48.5 Å². The SMILES string of the molecule is C[C@@H](O)[C@H](NC(=O)c1ccc(-c2ccc(CNCN3CCCCCC3)cc2)cc1)C(=O)NO.